The Morgan fingerprint density at radius 2 is 1.44 bits per heavy atom. The van der Waals surface area contributed by atoms with Gasteiger partial charge in [0, 0.05) is 146 Å². The van der Waals surface area contributed by atoms with Gasteiger partial charge < -0.3 is 60.6 Å². The van der Waals surface area contributed by atoms with Crippen molar-refractivity contribution in [3.05, 3.63) is 124 Å². The van der Waals surface area contributed by atoms with Crippen LogP contribution in [-0.2, 0) is 40.1 Å². The molecular formula is C75H90ClN11O13S. The molecule has 7 aromatic rings. The number of carbonyl (C=O) groups is 10. The summed E-state index contributed by atoms with van der Waals surface area (Å²) in [5, 5.41) is 13.2. The van der Waals surface area contributed by atoms with Gasteiger partial charge in [-0.25, -0.2) is 9.59 Å². The van der Waals surface area contributed by atoms with Crippen LogP contribution in [0, 0.1) is 24.2 Å². The highest BCUT2D eigenvalue weighted by Crippen LogP contribution is 2.49. The molecule has 3 atom stereocenters. The van der Waals surface area contributed by atoms with Crippen LogP contribution in [0.2, 0.25) is 0 Å². The summed E-state index contributed by atoms with van der Waals surface area (Å²) in [5.41, 5.74) is 10.9. The van der Waals surface area contributed by atoms with Gasteiger partial charge in [0.15, 0.2) is 11.5 Å². The van der Waals surface area contributed by atoms with Crippen molar-refractivity contribution < 1.29 is 62.2 Å². The first-order chi connectivity index (χ1) is 48.3. The van der Waals surface area contributed by atoms with E-state index < -0.39 is 41.4 Å². The summed E-state index contributed by atoms with van der Waals surface area (Å²) < 4.78 is 18.7. The predicted molar refractivity (Wildman–Crippen MR) is 390 cm³/mol. The molecule has 7 N–H and O–H groups in total. The number of Topliss-reactive ketones (excluding diaryl/α,β-unsaturated/α-hetero) is 1. The van der Waals surface area contributed by atoms with E-state index in [1.54, 1.807) is 67.5 Å². The molecule has 3 aromatic heterocycles. The third-order valence-electron chi connectivity index (χ3n) is 18.7. The minimum absolute atomic E-state index is 0.0949. The molecule has 10 rings (SSSR count). The standard InChI is InChI=1S/C75H90ClN11O13S/c1-45(2)68(82-63(90)17-9-8-12-30-86-64(91)26-27-65(86)92)60(88)37-48(15-10-11-16-62(77)89)70(93)78-52-20-18-47(19-21-52)41-99-73(96)83(6)43-75(4,5)44-84(7)74(97)100-61-38-59-67(66-46(3)42-101-69(61)66)51(39-76)40-87(59)72(95)58-36-49-33-53(22-24-55(49)81-58)79-71(94)57-35-50-34-54(23-25-56(50)80-57)98-32-31-85-28-13-14-29-85/h18-27,33-36,38,42,45,48,51,68,80-81H,8-17,28-32,37,39-41,43-44H2,1-7H3,(H2,77,89)(H,78,93)(H,79,94)(H,82,90)/t48-,51+,68+/m1/s1. The summed E-state index contributed by atoms with van der Waals surface area (Å²) in [6.45, 7) is 13.9. The lowest BCUT2D eigenvalue weighted by atomic mass is 9.88. The van der Waals surface area contributed by atoms with Crippen molar-refractivity contribution in [1.82, 2.24) is 34.9 Å². The Morgan fingerprint density at radius 3 is 2.14 bits per heavy atom. The number of aromatic amines is 2. The average Bonchev–Trinajstić information content (AvgIpc) is 1.58. The van der Waals surface area contributed by atoms with Gasteiger partial charge in [0.2, 0.25) is 17.7 Å². The summed E-state index contributed by atoms with van der Waals surface area (Å²) >= 11 is 8.12. The number of primary amides is 1. The zero-order chi connectivity index (χ0) is 72.2. The number of benzene rings is 4. The van der Waals surface area contributed by atoms with Gasteiger partial charge in [-0.1, -0.05) is 52.7 Å². The summed E-state index contributed by atoms with van der Waals surface area (Å²) in [4.78, 5) is 147. The van der Waals surface area contributed by atoms with Crippen LogP contribution >= 0.6 is 22.9 Å². The Balaban J connectivity index is 0.705. The van der Waals surface area contributed by atoms with E-state index in [4.69, 9.17) is 31.5 Å². The smallest absolute Gasteiger partial charge is 0.415 e. The number of hydrogen-bond donors (Lipinski definition) is 6. The Kier molecular flexibility index (Phi) is 24.4. The molecule has 26 heteroatoms. The maximum absolute atomic E-state index is 14.7. The highest BCUT2D eigenvalue weighted by atomic mass is 35.5. The zero-order valence-corrected chi connectivity index (χ0v) is 59.9. The molecule has 3 aliphatic rings. The van der Waals surface area contributed by atoms with Crippen LogP contribution in [0.4, 0.5) is 26.7 Å². The Hall–Kier alpha value is -9.59. The number of rotatable bonds is 33. The number of carbonyl (C=O) groups excluding carboxylic acids is 10. The SMILES string of the molecule is Cc1csc2c(OC(=O)N(C)CC(C)(C)CN(C)C(=O)OCc3ccc(NC(=O)[C@H](CCCCC(N)=O)CC(=O)[C@@H](NC(=O)CCCCCN4C(=O)C=CC4=O)C(C)C)cc3)cc3c(c12)[C@@H](CCl)CN3C(=O)c1cc2cc(NC(=O)c3cc4cc(OCCN5CCCC5)ccc4[nH]3)ccc2[nH]1. The third kappa shape index (κ3) is 18.9. The number of ether oxygens (including phenoxy) is 3. The molecule has 1 fully saturated rings. The second-order valence-electron chi connectivity index (χ2n) is 27.8. The van der Waals surface area contributed by atoms with E-state index in [0.29, 0.717) is 83.6 Å². The van der Waals surface area contributed by atoms with Gasteiger partial charge >= 0.3 is 12.2 Å². The molecule has 0 bridgehead atoms. The van der Waals surface area contributed by atoms with Crippen molar-refractivity contribution in [1.29, 1.82) is 0 Å². The van der Waals surface area contributed by atoms with Crippen molar-refractivity contribution in [2.75, 3.05) is 87.9 Å². The van der Waals surface area contributed by atoms with Crippen molar-refractivity contribution >= 4 is 131 Å². The quantitative estimate of drug-likeness (QED) is 0.0127. The molecule has 101 heavy (non-hydrogen) atoms. The van der Waals surface area contributed by atoms with E-state index in [0.717, 1.165) is 62.4 Å². The highest BCUT2D eigenvalue weighted by Gasteiger charge is 2.38. The lowest BCUT2D eigenvalue weighted by Gasteiger charge is -2.33. The molecule has 4 aromatic carbocycles. The molecule has 9 amide bonds. The zero-order valence-electron chi connectivity index (χ0n) is 58.3. The summed E-state index contributed by atoms with van der Waals surface area (Å²) in [7, 11) is 3.22. The summed E-state index contributed by atoms with van der Waals surface area (Å²) in [5.74, 6) is -2.93. The van der Waals surface area contributed by atoms with E-state index in [1.165, 1.54) is 46.1 Å². The van der Waals surface area contributed by atoms with Crippen LogP contribution < -0.4 is 36.1 Å². The number of aromatic nitrogens is 2. The summed E-state index contributed by atoms with van der Waals surface area (Å²) in [6, 6.07) is 22.3. The molecule has 6 heterocycles. The second-order valence-corrected chi connectivity index (χ2v) is 29.0. The van der Waals surface area contributed by atoms with Crippen molar-refractivity contribution in [3.63, 3.8) is 0 Å². The number of nitrogens with zero attached hydrogens (tertiary/aromatic N) is 5. The molecule has 0 saturated carbocycles. The van der Waals surface area contributed by atoms with Crippen molar-refractivity contribution in [2.45, 2.75) is 124 Å². The fourth-order valence-electron chi connectivity index (χ4n) is 13.5. The minimum Gasteiger partial charge on any atom is -0.492 e. The minimum atomic E-state index is -0.858. The van der Waals surface area contributed by atoms with E-state index >= 15 is 0 Å². The normalized spacial score (nSPS) is 15.2. The van der Waals surface area contributed by atoms with E-state index in [1.807, 2.05) is 70.3 Å². The molecule has 1 saturated heterocycles. The van der Waals surface area contributed by atoms with Gasteiger partial charge in [0.25, 0.3) is 23.6 Å². The molecule has 0 aliphatic carbocycles. The first kappa shape index (κ1) is 74.1. The number of unbranched alkanes of at least 4 members (excludes halogenated alkanes) is 3. The average molecular weight is 1420 g/mol. The number of likely N-dealkylation sites (tertiary alicyclic amines) is 1. The van der Waals surface area contributed by atoms with Gasteiger partial charge in [-0.3, -0.25) is 48.2 Å². The lowest BCUT2D eigenvalue weighted by Crippen LogP contribution is -2.45. The molecule has 3 aliphatic heterocycles. The van der Waals surface area contributed by atoms with Crippen LogP contribution in [0.3, 0.4) is 0 Å². The summed E-state index contributed by atoms with van der Waals surface area (Å²) in [6.07, 6.45) is 6.49. The molecule has 24 nitrogen and oxygen atoms in total. The van der Waals surface area contributed by atoms with Gasteiger partial charge in [-0.05, 0) is 147 Å². The number of imide groups is 1. The number of halogens is 1. The van der Waals surface area contributed by atoms with Crippen LogP contribution in [-0.4, -0.2) is 167 Å². The molecule has 536 valence electrons. The maximum atomic E-state index is 14.7. The van der Waals surface area contributed by atoms with E-state index in [9.17, 15) is 47.9 Å². The van der Waals surface area contributed by atoms with Crippen LogP contribution in [0.5, 0.6) is 11.5 Å². The number of aryl methyl sites for hydroxylation is 1. The number of ketones is 1. The molecule has 0 unspecified atom stereocenters. The largest absolute Gasteiger partial charge is 0.492 e. The third-order valence-corrected chi connectivity index (χ3v) is 20.1. The molecule has 0 spiro atoms. The Bertz CT molecular complexity index is 4270. The van der Waals surface area contributed by atoms with E-state index in [-0.39, 0.29) is 117 Å². The number of nitrogens with one attached hydrogen (secondary N) is 5. The lowest BCUT2D eigenvalue weighted by molar-refractivity contribution is -0.137. The van der Waals surface area contributed by atoms with Crippen LogP contribution in [0.15, 0.2) is 96.4 Å². The van der Waals surface area contributed by atoms with Gasteiger partial charge in [0.05, 0.1) is 16.4 Å². The predicted octanol–water partition coefficient (Wildman–Crippen LogP) is 11.8. The topological polar surface area (TPSA) is 308 Å². The monoisotopic (exact) mass is 1420 g/mol. The number of nitrogens with two attached hydrogens (primary N) is 1. The Morgan fingerprint density at radius 1 is 0.772 bits per heavy atom. The number of anilines is 3. The first-order valence-corrected chi connectivity index (χ1v) is 35.9. The molecule has 0 radical (unpaired) electrons. The fraction of sp³-hybridized carbons (Fsp3) is 0.440. The van der Waals surface area contributed by atoms with Crippen molar-refractivity contribution in [3.8, 4) is 11.5 Å². The van der Waals surface area contributed by atoms with Gasteiger partial charge in [-0.2, -0.15) is 0 Å². The first-order valence-electron chi connectivity index (χ1n) is 34.5. The van der Waals surface area contributed by atoms with Crippen LogP contribution in [0.1, 0.15) is 142 Å². The number of amides is 9. The molecular weight excluding hydrogens is 1330 g/mol. The van der Waals surface area contributed by atoms with E-state index in [2.05, 4.69) is 30.8 Å². The number of thiophene rings is 1. The number of H-pyrrole nitrogens is 2. The Labute approximate surface area is 595 Å². The second kappa shape index (κ2) is 33.3. The highest BCUT2D eigenvalue weighted by molar-refractivity contribution is 7.17. The van der Waals surface area contributed by atoms with Gasteiger partial charge in [0.1, 0.15) is 30.4 Å². The number of hydrogen-bond acceptors (Lipinski definition) is 15. The van der Waals surface area contributed by atoms with Gasteiger partial charge in [-0.15, -0.1) is 22.9 Å². The fourth-order valence-corrected chi connectivity index (χ4v) is 14.8. The number of fused-ring (bicyclic) bond motifs is 5. The number of alkyl halides is 1. The van der Waals surface area contributed by atoms with Crippen LogP contribution in [0.25, 0.3) is 31.9 Å². The van der Waals surface area contributed by atoms with Crippen molar-refractivity contribution in [2.24, 2.45) is 23.0 Å². The maximum Gasteiger partial charge on any atom is 0.415 e.